The summed E-state index contributed by atoms with van der Waals surface area (Å²) in [5, 5.41) is 8.20. The smallest absolute Gasteiger partial charge is 0.174 e. The van der Waals surface area contributed by atoms with Gasteiger partial charge in [0.05, 0.1) is 5.75 Å². The van der Waals surface area contributed by atoms with Gasteiger partial charge < -0.3 is 5.11 Å². The first-order valence-electron chi connectivity index (χ1n) is 3.45. The highest BCUT2D eigenvalue weighted by atomic mass is 32.2. The van der Waals surface area contributed by atoms with E-state index >= 15 is 0 Å². The van der Waals surface area contributed by atoms with Crippen molar-refractivity contribution >= 4 is 11.1 Å². The molecule has 0 aromatic heterocycles. The molecule has 68 valence electrons. The zero-order valence-corrected chi connectivity index (χ0v) is 7.32. The van der Waals surface area contributed by atoms with Gasteiger partial charge in [-0.15, -0.1) is 5.59 Å². The molecule has 0 spiro atoms. The maximum atomic E-state index is 10.8. The van der Waals surface area contributed by atoms with Crippen LogP contribution in [0.5, 0.6) is 0 Å². The summed E-state index contributed by atoms with van der Waals surface area (Å²) in [7, 11) is 0. The Hall–Kier alpha value is -0.0100. The predicted octanol–water partition coefficient (Wildman–Crippen LogP) is -0.574. The molecule has 6 heteroatoms. The lowest BCUT2D eigenvalue weighted by molar-refractivity contribution is 0.118. The molecule has 5 nitrogen and oxygen atoms in total. The molecule has 1 unspecified atom stereocenters. The van der Waals surface area contributed by atoms with Crippen LogP contribution < -0.4 is 11.0 Å². The monoisotopic (exact) mass is 182 g/mol. The highest BCUT2D eigenvalue weighted by Gasteiger charge is 1.97. The van der Waals surface area contributed by atoms with Gasteiger partial charge in [0.2, 0.25) is 0 Å². The van der Waals surface area contributed by atoms with Crippen LogP contribution in [0.2, 0.25) is 0 Å². The second-order valence-electron chi connectivity index (χ2n) is 1.88. The highest BCUT2D eigenvalue weighted by Crippen LogP contribution is 1.90. The molecule has 0 heterocycles. The standard InChI is InChI=1S/C5H14N2O3S/c1-2-3-4-11(9)10-7-6-5-8/h6-8H,2-5H2,1H3. The second kappa shape index (κ2) is 8.09. The maximum absolute atomic E-state index is 10.8. The average molecular weight is 182 g/mol. The Morgan fingerprint density at radius 2 is 2.36 bits per heavy atom. The fourth-order valence-electron chi connectivity index (χ4n) is 0.412. The third kappa shape index (κ3) is 7.89. The Morgan fingerprint density at radius 1 is 1.64 bits per heavy atom. The second-order valence-corrected chi connectivity index (χ2v) is 3.06. The number of aliphatic hydroxyl groups excluding tert-OH is 1. The van der Waals surface area contributed by atoms with Crippen molar-refractivity contribution < 1.29 is 13.6 Å². The molecule has 0 aliphatic carbocycles. The maximum Gasteiger partial charge on any atom is 0.174 e. The lowest BCUT2D eigenvalue weighted by Crippen LogP contribution is -2.33. The van der Waals surface area contributed by atoms with Gasteiger partial charge in [-0.3, -0.25) is 0 Å². The van der Waals surface area contributed by atoms with E-state index in [9.17, 15) is 4.21 Å². The fourth-order valence-corrected chi connectivity index (χ4v) is 1.17. The van der Waals surface area contributed by atoms with Crippen LogP contribution in [0, 0.1) is 0 Å². The molecule has 11 heavy (non-hydrogen) atoms. The van der Waals surface area contributed by atoms with Crippen molar-refractivity contribution in [1.82, 2.24) is 11.0 Å². The molecule has 0 aromatic rings. The highest BCUT2D eigenvalue weighted by molar-refractivity contribution is 7.80. The topological polar surface area (TPSA) is 70.6 Å². The quantitative estimate of drug-likeness (QED) is 0.279. The van der Waals surface area contributed by atoms with Gasteiger partial charge in [-0.1, -0.05) is 13.3 Å². The van der Waals surface area contributed by atoms with Crippen LogP contribution in [0.1, 0.15) is 19.8 Å². The lowest BCUT2D eigenvalue weighted by Gasteiger charge is -2.02. The zero-order chi connectivity index (χ0) is 8.53. The van der Waals surface area contributed by atoms with E-state index in [4.69, 9.17) is 5.11 Å². The van der Waals surface area contributed by atoms with Gasteiger partial charge in [-0.05, 0) is 6.42 Å². The summed E-state index contributed by atoms with van der Waals surface area (Å²) in [4.78, 5) is 0. The number of rotatable bonds is 7. The lowest BCUT2D eigenvalue weighted by atomic mass is 10.4. The Kier molecular flexibility index (Phi) is 8.08. The summed E-state index contributed by atoms with van der Waals surface area (Å²) in [5.41, 5.74) is 4.39. The molecule has 0 bridgehead atoms. The first-order valence-corrected chi connectivity index (χ1v) is 4.70. The minimum absolute atomic E-state index is 0.259. The van der Waals surface area contributed by atoms with Crippen LogP contribution in [0.15, 0.2) is 0 Å². The summed E-state index contributed by atoms with van der Waals surface area (Å²) in [6, 6.07) is 0. The average Bonchev–Trinajstić information content (AvgIpc) is 2.01. The molecule has 1 atom stereocenters. The molecular formula is C5H14N2O3S. The van der Waals surface area contributed by atoms with Crippen LogP contribution in [-0.2, 0) is 15.4 Å². The Bertz CT molecular complexity index is 112. The number of hydrazine groups is 1. The molecule has 0 saturated carbocycles. The molecule has 0 aliphatic heterocycles. The minimum Gasteiger partial charge on any atom is -0.380 e. The number of hydrogen-bond donors (Lipinski definition) is 3. The Labute approximate surface area is 68.7 Å². The van der Waals surface area contributed by atoms with E-state index in [0.29, 0.717) is 5.75 Å². The number of hydrogen-bond acceptors (Lipinski definition) is 5. The summed E-state index contributed by atoms with van der Waals surface area (Å²) in [6.07, 6.45) is 1.86. The Morgan fingerprint density at radius 3 is 2.91 bits per heavy atom. The van der Waals surface area contributed by atoms with E-state index in [-0.39, 0.29) is 6.73 Å². The van der Waals surface area contributed by atoms with Gasteiger partial charge in [-0.25, -0.2) is 9.63 Å². The Balaban J connectivity index is 3.09. The minimum atomic E-state index is -1.31. The van der Waals surface area contributed by atoms with E-state index < -0.39 is 11.1 Å². The van der Waals surface area contributed by atoms with E-state index in [0.717, 1.165) is 12.8 Å². The molecule has 0 saturated heterocycles. The van der Waals surface area contributed by atoms with Crippen LogP contribution in [0.4, 0.5) is 0 Å². The van der Waals surface area contributed by atoms with Crippen molar-refractivity contribution in [3.05, 3.63) is 0 Å². The molecule has 0 rings (SSSR count). The van der Waals surface area contributed by atoms with Gasteiger partial charge >= 0.3 is 0 Å². The predicted molar refractivity (Wildman–Crippen MR) is 42.4 cm³/mol. The van der Waals surface area contributed by atoms with Gasteiger partial charge in [-0.2, -0.15) is 4.28 Å². The van der Waals surface area contributed by atoms with Crippen LogP contribution in [-0.4, -0.2) is 21.8 Å². The number of aliphatic hydroxyl groups is 1. The van der Waals surface area contributed by atoms with E-state index in [2.05, 4.69) is 15.3 Å². The summed E-state index contributed by atoms with van der Waals surface area (Å²) in [6.45, 7) is 1.75. The summed E-state index contributed by atoms with van der Waals surface area (Å²) >= 11 is -1.31. The summed E-state index contributed by atoms with van der Waals surface area (Å²) in [5.74, 6) is 0.511. The van der Waals surface area contributed by atoms with Crippen molar-refractivity contribution in [3.8, 4) is 0 Å². The van der Waals surface area contributed by atoms with Gasteiger partial charge in [0.1, 0.15) is 6.73 Å². The molecule has 3 N–H and O–H groups in total. The largest absolute Gasteiger partial charge is 0.380 e. The van der Waals surface area contributed by atoms with Crippen molar-refractivity contribution in [2.24, 2.45) is 0 Å². The number of unbranched alkanes of at least 4 members (excludes halogenated alkanes) is 1. The van der Waals surface area contributed by atoms with Crippen molar-refractivity contribution in [3.63, 3.8) is 0 Å². The number of nitrogens with one attached hydrogen (secondary N) is 2. The van der Waals surface area contributed by atoms with E-state index in [1.165, 1.54) is 0 Å². The molecule has 0 aromatic carbocycles. The van der Waals surface area contributed by atoms with Crippen molar-refractivity contribution in [2.75, 3.05) is 12.5 Å². The van der Waals surface area contributed by atoms with Crippen molar-refractivity contribution in [1.29, 1.82) is 0 Å². The first kappa shape index (κ1) is 11.0. The third-order valence-electron chi connectivity index (χ3n) is 0.950. The van der Waals surface area contributed by atoms with Crippen LogP contribution >= 0.6 is 0 Å². The van der Waals surface area contributed by atoms with E-state index in [1.807, 2.05) is 6.92 Å². The molecular weight excluding hydrogens is 168 g/mol. The first-order chi connectivity index (χ1) is 5.31. The fraction of sp³-hybridized carbons (Fsp3) is 1.00. The zero-order valence-electron chi connectivity index (χ0n) is 6.50. The normalized spacial score (nSPS) is 13.3. The molecule has 0 radical (unpaired) electrons. The SMILES string of the molecule is CCCCS(=O)ONNCO. The third-order valence-corrected chi connectivity index (χ3v) is 1.84. The van der Waals surface area contributed by atoms with Crippen LogP contribution in [0.3, 0.4) is 0 Å². The van der Waals surface area contributed by atoms with E-state index in [1.54, 1.807) is 0 Å². The molecule has 0 fully saturated rings. The van der Waals surface area contributed by atoms with Gasteiger partial charge in [0.15, 0.2) is 11.1 Å². The van der Waals surface area contributed by atoms with Gasteiger partial charge in [0.25, 0.3) is 0 Å². The van der Waals surface area contributed by atoms with Crippen LogP contribution in [0.25, 0.3) is 0 Å². The van der Waals surface area contributed by atoms with Crippen molar-refractivity contribution in [2.45, 2.75) is 19.8 Å². The van der Waals surface area contributed by atoms with Gasteiger partial charge in [0, 0.05) is 0 Å². The summed E-state index contributed by atoms with van der Waals surface area (Å²) < 4.78 is 15.3. The molecule has 0 aliphatic rings. The molecule has 0 amide bonds.